The predicted molar refractivity (Wildman–Crippen MR) is 95.2 cm³/mol. The fraction of sp³-hybridized carbons (Fsp3) is 0.474. The molecule has 1 saturated carbocycles. The molecule has 4 rings (SSSR count). The van der Waals surface area contributed by atoms with Gasteiger partial charge in [-0.1, -0.05) is 6.07 Å². The highest BCUT2D eigenvalue weighted by atomic mass is 16.7. The third kappa shape index (κ3) is 2.76. The maximum Gasteiger partial charge on any atom is 0.496 e. The molecule has 1 aliphatic carbocycles. The fourth-order valence-corrected chi connectivity index (χ4v) is 2.87. The van der Waals surface area contributed by atoms with E-state index in [0.717, 1.165) is 16.7 Å². The molecule has 0 spiro atoms. The average Bonchev–Trinajstić information content (AvgIpc) is 3.36. The minimum absolute atomic E-state index is 0.334. The number of nitrogens with zero attached hydrogens (tertiary/aromatic N) is 2. The van der Waals surface area contributed by atoms with Crippen LogP contribution in [0.1, 0.15) is 52.1 Å². The van der Waals surface area contributed by atoms with E-state index < -0.39 is 0 Å². The lowest BCUT2D eigenvalue weighted by molar-refractivity contribution is 0.00578. The summed E-state index contributed by atoms with van der Waals surface area (Å²) in [6, 6.07) is 8.27. The van der Waals surface area contributed by atoms with Gasteiger partial charge in [-0.25, -0.2) is 0 Å². The van der Waals surface area contributed by atoms with Crippen LogP contribution in [-0.2, 0) is 9.31 Å². The second kappa shape index (κ2) is 5.40. The third-order valence-electron chi connectivity index (χ3n) is 5.39. The molecule has 0 unspecified atom stereocenters. The molecule has 4 nitrogen and oxygen atoms in total. The molecule has 2 fully saturated rings. The summed E-state index contributed by atoms with van der Waals surface area (Å²) in [7, 11) is -0.369. The Labute approximate surface area is 143 Å². The van der Waals surface area contributed by atoms with Crippen LogP contribution in [0, 0.1) is 0 Å². The van der Waals surface area contributed by atoms with Crippen LogP contribution in [0.2, 0.25) is 0 Å². The van der Waals surface area contributed by atoms with Crippen LogP contribution in [0.25, 0.3) is 11.3 Å². The van der Waals surface area contributed by atoms with Gasteiger partial charge in [-0.2, -0.15) is 0 Å². The molecule has 2 aliphatic rings. The second-order valence-corrected chi connectivity index (χ2v) is 7.81. The summed E-state index contributed by atoms with van der Waals surface area (Å²) >= 11 is 0. The molecule has 0 radical (unpaired) electrons. The Bertz CT molecular complexity index is 721. The smallest absolute Gasteiger partial charge is 0.399 e. The summed E-state index contributed by atoms with van der Waals surface area (Å²) < 4.78 is 12.1. The van der Waals surface area contributed by atoms with Crippen molar-refractivity contribution in [3.05, 3.63) is 42.4 Å². The summed E-state index contributed by atoms with van der Waals surface area (Å²) in [5.74, 6) is 0.678. The summed E-state index contributed by atoms with van der Waals surface area (Å²) in [4.78, 5) is 9.14. The van der Waals surface area contributed by atoms with Gasteiger partial charge in [-0.15, -0.1) is 0 Å². The first-order chi connectivity index (χ1) is 11.4. The average molecular weight is 322 g/mol. The topological polar surface area (TPSA) is 44.2 Å². The Balaban J connectivity index is 1.52. The van der Waals surface area contributed by atoms with Gasteiger partial charge in [0, 0.05) is 35.0 Å². The van der Waals surface area contributed by atoms with Crippen molar-refractivity contribution in [3.8, 4) is 11.3 Å². The zero-order chi connectivity index (χ0) is 16.9. The van der Waals surface area contributed by atoms with Crippen molar-refractivity contribution in [1.29, 1.82) is 0 Å². The van der Waals surface area contributed by atoms with Crippen molar-refractivity contribution in [2.24, 2.45) is 0 Å². The third-order valence-corrected chi connectivity index (χ3v) is 5.39. The molecule has 1 aliphatic heterocycles. The Hall–Kier alpha value is -1.72. The Kier molecular flexibility index (Phi) is 3.55. The standard InChI is InChI=1S/C19H23BN2O2/c1-18(2)19(3,4)24-20(23-18)15-8-10-17(22-12-15)14-7-9-16(21-11-14)13-5-6-13/h7-13H,5-6H2,1-4H3. The minimum atomic E-state index is -0.369. The number of hydrogen-bond acceptors (Lipinski definition) is 4. The van der Waals surface area contributed by atoms with E-state index >= 15 is 0 Å². The lowest BCUT2D eigenvalue weighted by Crippen LogP contribution is -2.41. The molecule has 0 atom stereocenters. The maximum absolute atomic E-state index is 6.07. The van der Waals surface area contributed by atoms with E-state index in [4.69, 9.17) is 9.31 Å². The lowest BCUT2D eigenvalue weighted by atomic mass is 9.80. The van der Waals surface area contributed by atoms with E-state index in [-0.39, 0.29) is 18.3 Å². The number of rotatable bonds is 3. The molecule has 0 N–H and O–H groups in total. The minimum Gasteiger partial charge on any atom is -0.399 e. The van der Waals surface area contributed by atoms with Crippen LogP contribution < -0.4 is 5.46 Å². The number of aromatic nitrogens is 2. The van der Waals surface area contributed by atoms with Crippen LogP contribution >= 0.6 is 0 Å². The largest absolute Gasteiger partial charge is 0.496 e. The van der Waals surface area contributed by atoms with Gasteiger partial charge in [-0.05, 0) is 58.7 Å². The monoisotopic (exact) mass is 322 g/mol. The highest BCUT2D eigenvalue weighted by Crippen LogP contribution is 2.39. The zero-order valence-corrected chi connectivity index (χ0v) is 14.7. The van der Waals surface area contributed by atoms with Crippen LogP contribution in [0.4, 0.5) is 0 Å². The van der Waals surface area contributed by atoms with Gasteiger partial charge >= 0.3 is 7.12 Å². The summed E-state index contributed by atoms with van der Waals surface area (Å²) in [6.07, 6.45) is 6.30. The second-order valence-electron chi connectivity index (χ2n) is 7.81. The van der Waals surface area contributed by atoms with Gasteiger partial charge < -0.3 is 9.31 Å². The van der Waals surface area contributed by atoms with E-state index in [1.807, 2.05) is 24.5 Å². The lowest BCUT2D eigenvalue weighted by Gasteiger charge is -2.32. The van der Waals surface area contributed by atoms with Gasteiger partial charge in [0.1, 0.15) is 0 Å². The Morgan fingerprint density at radius 3 is 2.12 bits per heavy atom. The van der Waals surface area contributed by atoms with E-state index in [2.05, 4.69) is 49.8 Å². The molecule has 0 bridgehead atoms. The van der Waals surface area contributed by atoms with E-state index in [1.165, 1.54) is 18.5 Å². The molecule has 2 aromatic heterocycles. The number of hydrogen-bond donors (Lipinski definition) is 0. The molecule has 0 amide bonds. The first kappa shape index (κ1) is 15.8. The van der Waals surface area contributed by atoms with Crippen LogP contribution in [0.3, 0.4) is 0 Å². The maximum atomic E-state index is 6.07. The Morgan fingerprint density at radius 2 is 1.62 bits per heavy atom. The van der Waals surface area contributed by atoms with Crippen molar-refractivity contribution in [2.45, 2.75) is 57.7 Å². The highest BCUT2D eigenvalue weighted by Gasteiger charge is 2.51. The molecule has 1 saturated heterocycles. The summed E-state index contributed by atoms with van der Waals surface area (Å²) in [6.45, 7) is 8.23. The van der Waals surface area contributed by atoms with E-state index in [1.54, 1.807) is 0 Å². The molecule has 24 heavy (non-hydrogen) atoms. The zero-order valence-electron chi connectivity index (χ0n) is 14.7. The molecule has 2 aromatic rings. The highest BCUT2D eigenvalue weighted by molar-refractivity contribution is 6.62. The van der Waals surface area contributed by atoms with E-state index in [9.17, 15) is 0 Å². The predicted octanol–water partition coefficient (Wildman–Crippen LogP) is 3.32. The van der Waals surface area contributed by atoms with Crippen LogP contribution in [0.5, 0.6) is 0 Å². The first-order valence-electron chi connectivity index (χ1n) is 8.64. The molecular weight excluding hydrogens is 299 g/mol. The van der Waals surface area contributed by atoms with Crippen LogP contribution in [0.15, 0.2) is 36.7 Å². The summed E-state index contributed by atoms with van der Waals surface area (Å²) in [5.41, 5.74) is 3.44. The van der Waals surface area contributed by atoms with Crippen LogP contribution in [-0.4, -0.2) is 28.3 Å². The van der Waals surface area contributed by atoms with Gasteiger partial charge in [0.25, 0.3) is 0 Å². The van der Waals surface area contributed by atoms with E-state index in [0.29, 0.717) is 5.92 Å². The normalized spacial score (nSPS) is 21.9. The summed E-state index contributed by atoms with van der Waals surface area (Å²) in [5, 5.41) is 0. The molecular formula is C19H23BN2O2. The fourth-order valence-electron chi connectivity index (χ4n) is 2.87. The molecule has 124 valence electrons. The number of pyridine rings is 2. The van der Waals surface area contributed by atoms with Crippen molar-refractivity contribution in [2.75, 3.05) is 0 Å². The van der Waals surface area contributed by atoms with Crippen molar-refractivity contribution in [3.63, 3.8) is 0 Å². The van der Waals surface area contributed by atoms with Gasteiger partial charge in [0.05, 0.1) is 16.9 Å². The van der Waals surface area contributed by atoms with Gasteiger partial charge in [0.15, 0.2) is 0 Å². The van der Waals surface area contributed by atoms with Crippen molar-refractivity contribution in [1.82, 2.24) is 9.97 Å². The molecule has 0 aromatic carbocycles. The quantitative estimate of drug-likeness (QED) is 0.813. The first-order valence-corrected chi connectivity index (χ1v) is 8.64. The van der Waals surface area contributed by atoms with Crippen molar-refractivity contribution < 1.29 is 9.31 Å². The van der Waals surface area contributed by atoms with Gasteiger partial charge in [0.2, 0.25) is 0 Å². The Morgan fingerprint density at radius 1 is 0.917 bits per heavy atom. The molecule has 5 heteroatoms. The van der Waals surface area contributed by atoms with Crippen molar-refractivity contribution >= 4 is 12.6 Å². The SMILES string of the molecule is CC1(C)OB(c2ccc(-c3ccc(C4CC4)nc3)nc2)OC1(C)C. The van der Waals surface area contributed by atoms with Gasteiger partial charge in [-0.3, -0.25) is 9.97 Å². The molecule has 3 heterocycles.